The molecule has 0 atom stereocenters. The fraction of sp³-hybridized carbons (Fsp3) is 0.207. The monoisotopic (exact) mass is 497 g/mol. The van der Waals surface area contributed by atoms with E-state index in [9.17, 15) is 14.9 Å². The number of benzene rings is 3. The van der Waals surface area contributed by atoms with Crippen molar-refractivity contribution < 1.29 is 14.3 Å². The van der Waals surface area contributed by atoms with Gasteiger partial charge in [0.05, 0.1) is 23.1 Å². The second kappa shape index (κ2) is 11.6. The van der Waals surface area contributed by atoms with Gasteiger partial charge in [0.1, 0.15) is 12.4 Å². The zero-order valence-corrected chi connectivity index (χ0v) is 21.1. The molecule has 36 heavy (non-hydrogen) atoms. The molecule has 0 spiro atoms. The van der Waals surface area contributed by atoms with E-state index in [4.69, 9.17) is 4.74 Å². The number of carbonyl (C=O) groups is 2. The summed E-state index contributed by atoms with van der Waals surface area (Å²) in [4.78, 5) is 29.6. The van der Waals surface area contributed by atoms with Crippen molar-refractivity contribution in [2.45, 2.75) is 27.0 Å². The van der Waals surface area contributed by atoms with Crippen molar-refractivity contribution in [2.24, 2.45) is 0 Å². The van der Waals surface area contributed by atoms with Gasteiger partial charge in [-0.05, 0) is 61.0 Å². The summed E-state index contributed by atoms with van der Waals surface area (Å²) in [6, 6.07) is 24.9. The maximum atomic E-state index is 13.2. The maximum Gasteiger partial charge on any atom is 0.293 e. The standard InChI is InChI=1S/C29H27N3O3S/c1-3-31(4-2)25-15-14-22(26(17-25)35-20-21-10-6-5-7-11-21)16-27-28(33)32(29(34)36-27)19-24-13-9-8-12-23(24)18-30/h5-17H,3-4,19-20H2,1-2H3/b27-16+. The van der Waals surface area contributed by atoms with Crippen LogP contribution in [0.25, 0.3) is 6.08 Å². The molecule has 1 aliphatic heterocycles. The summed E-state index contributed by atoms with van der Waals surface area (Å²) in [7, 11) is 0. The molecule has 0 N–H and O–H groups in total. The molecule has 0 aliphatic carbocycles. The summed E-state index contributed by atoms with van der Waals surface area (Å²) in [5.74, 6) is 0.268. The summed E-state index contributed by atoms with van der Waals surface area (Å²) in [5, 5.41) is 9.00. The molecule has 7 heteroatoms. The van der Waals surface area contributed by atoms with E-state index in [0.29, 0.717) is 28.4 Å². The molecule has 0 radical (unpaired) electrons. The van der Waals surface area contributed by atoms with Gasteiger partial charge in [-0.2, -0.15) is 5.26 Å². The van der Waals surface area contributed by atoms with Crippen LogP contribution in [0.4, 0.5) is 10.5 Å². The predicted octanol–water partition coefficient (Wildman–Crippen LogP) is 6.22. The molecule has 3 aromatic carbocycles. The van der Waals surface area contributed by atoms with Crippen molar-refractivity contribution in [2.75, 3.05) is 18.0 Å². The molecule has 0 saturated carbocycles. The van der Waals surface area contributed by atoms with Gasteiger partial charge in [-0.1, -0.05) is 48.5 Å². The van der Waals surface area contributed by atoms with Gasteiger partial charge in [0.25, 0.3) is 11.1 Å². The molecule has 0 aromatic heterocycles. The number of nitrogens with zero attached hydrogens (tertiary/aromatic N) is 3. The number of anilines is 1. The average Bonchev–Trinajstić information content (AvgIpc) is 3.17. The number of rotatable bonds is 9. The van der Waals surface area contributed by atoms with Crippen molar-refractivity contribution >= 4 is 34.7 Å². The Morgan fingerprint density at radius 1 is 1.00 bits per heavy atom. The van der Waals surface area contributed by atoms with E-state index >= 15 is 0 Å². The molecular formula is C29H27N3O3S. The maximum absolute atomic E-state index is 13.2. The predicted molar refractivity (Wildman–Crippen MR) is 143 cm³/mol. The van der Waals surface area contributed by atoms with Crippen LogP contribution in [0.5, 0.6) is 5.75 Å². The van der Waals surface area contributed by atoms with Gasteiger partial charge in [0.15, 0.2) is 0 Å². The molecule has 0 bridgehead atoms. The van der Waals surface area contributed by atoms with E-state index in [0.717, 1.165) is 41.7 Å². The SMILES string of the molecule is CCN(CC)c1ccc(/C=C2/SC(=O)N(Cc3ccccc3C#N)C2=O)c(OCc2ccccc2)c1. The van der Waals surface area contributed by atoms with Crippen LogP contribution in [0.1, 0.15) is 36.1 Å². The number of amides is 2. The lowest BCUT2D eigenvalue weighted by Crippen LogP contribution is -2.27. The largest absolute Gasteiger partial charge is 0.488 e. The smallest absolute Gasteiger partial charge is 0.293 e. The van der Waals surface area contributed by atoms with Crippen LogP contribution in [0, 0.1) is 11.3 Å². The van der Waals surface area contributed by atoms with Gasteiger partial charge in [-0.25, -0.2) is 0 Å². The van der Waals surface area contributed by atoms with Crippen molar-refractivity contribution in [1.82, 2.24) is 4.90 Å². The molecule has 0 unspecified atom stereocenters. The lowest BCUT2D eigenvalue weighted by atomic mass is 10.1. The van der Waals surface area contributed by atoms with Crippen molar-refractivity contribution in [1.29, 1.82) is 5.26 Å². The summed E-state index contributed by atoms with van der Waals surface area (Å²) < 4.78 is 6.20. The van der Waals surface area contributed by atoms with Crippen molar-refractivity contribution in [3.63, 3.8) is 0 Å². The number of ether oxygens (including phenoxy) is 1. The van der Waals surface area contributed by atoms with Gasteiger partial charge in [-0.3, -0.25) is 14.5 Å². The second-order valence-electron chi connectivity index (χ2n) is 8.21. The van der Waals surface area contributed by atoms with Gasteiger partial charge in [0.2, 0.25) is 0 Å². The highest BCUT2D eigenvalue weighted by atomic mass is 32.2. The molecule has 6 nitrogen and oxygen atoms in total. The number of hydrogen-bond acceptors (Lipinski definition) is 6. The fourth-order valence-corrected chi connectivity index (χ4v) is 4.83. The lowest BCUT2D eigenvalue weighted by Gasteiger charge is -2.22. The number of imide groups is 1. The van der Waals surface area contributed by atoms with Crippen LogP contribution in [0.15, 0.2) is 77.7 Å². The van der Waals surface area contributed by atoms with Gasteiger partial charge >= 0.3 is 0 Å². The minimum Gasteiger partial charge on any atom is -0.488 e. The third-order valence-electron chi connectivity index (χ3n) is 5.99. The number of carbonyl (C=O) groups excluding carboxylic acids is 2. The van der Waals surface area contributed by atoms with Crippen molar-refractivity contribution in [3.8, 4) is 11.8 Å². The minimum atomic E-state index is -0.375. The first-order valence-electron chi connectivity index (χ1n) is 11.8. The molecule has 1 heterocycles. The summed E-state index contributed by atoms with van der Waals surface area (Å²) in [6.07, 6.45) is 1.72. The Bertz CT molecular complexity index is 1330. The van der Waals surface area contributed by atoms with E-state index in [2.05, 4.69) is 24.8 Å². The molecule has 1 aliphatic rings. The Balaban J connectivity index is 1.62. The number of thioether (sulfide) groups is 1. The Labute approximate surface area is 215 Å². The first-order valence-corrected chi connectivity index (χ1v) is 12.6. The number of nitriles is 1. The van der Waals surface area contributed by atoms with E-state index < -0.39 is 0 Å². The average molecular weight is 498 g/mol. The van der Waals surface area contributed by atoms with E-state index in [1.54, 1.807) is 30.3 Å². The minimum absolute atomic E-state index is 0.0595. The van der Waals surface area contributed by atoms with Crippen LogP contribution in [-0.4, -0.2) is 29.1 Å². The van der Waals surface area contributed by atoms with Gasteiger partial charge in [0, 0.05) is 30.4 Å². The van der Waals surface area contributed by atoms with E-state index in [1.165, 1.54) is 4.90 Å². The second-order valence-corrected chi connectivity index (χ2v) is 9.20. The Morgan fingerprint density at radius 3 is 2.44 bits per heavy atom. The van der Waals surface area contributed by atoms with Gasteiger partial charge in [-0.15, -0.1) is 0 Å². The van der Waals surface area contributed by atoms with Crippen LogP contribution < -0.4 is 9.64 Å². The Hall–Kier alpha value is -4.02. The summed E-state index contributed by atoms with van der Waals surface area (Å²) in [5.41, 5.74) is 3.88. The molecule has 2 amide bonds. The lowest BCUT2D eigenvalue weighted by molar-refractivity contribution is -0.123. The van der Waals surface area contributed by atoms with Crippen LogP contribution in [0.3, 0.4) is 0 Å². The van der Waals surface area contributed by atoms with Crippen LogP contribution in [-0.2, 0) is 17.9 Å². The fourth-order valence-electron chi connectivity index (χ4n) is 4.00. The molecule has 1 fully saturated rings. The zero-order chi connectivity index (χ0) is 25.5. The Morgan fingerprint density at radius 2 is 1.72 bits per heavy atom. The molecule has 4 rings (SSSR count). The van der Waals surface area contributed by atoms with Crippen LogP contribution >= 0.6 is 11.8 Å². The third-order valence-corrected chi connectivity index (χ3v) is 6.90. The highest BCUT2D eigenvalue weighted by Crippen LogP contribution is 2.36. The summed E-state index contributed by atoms with van der Waals surface area (Å²) in [6.45, 7) is 6.36. The normalized spacial score (nSPS) is 14.2. The highest BCUT2D eigenvalue weighted by Gasteiger charge is 2.35. The van der Waals surface area contributed by atoms with E-state index in [-0.39, 0.29) is 17.7 Å². The number of hydrogen-bond donors (Lipinski definition) is 0. The first kappa shape index (κ1) is 25.1. The van der Waals surface area contributed by atoms with Crippen LogP contribution in [0.2, 0.25) is 0 Å². The molecular weight excluding hydrogens is 470 g/mol. The summed E-state index contributed by atoms with van der Waals surface area (Å²) >= 11 is 0.902. The molecule has 3 aromatic rings. The van der Waals surface area contributed by atoms with Gasteiger partial charge < -0.3 is 9.64 Å². The molecule has 1 saturated heterocycles. The zero-order valence-electron chi connectivity index (χ0n) is 20.3. The topological polar surface area (TPSA) is 73.6 Å². The molecule has 182 valence electrons. The Kier molecular flexibility index (Phi) is 8.09. The first-order chi connectivity index (χ1) is 17.5. The third kappa shape index (κ3) is 5.61. The quantitative estimate of drug-likeness (QED) is 0.327. The van der Waals surface area contributed by atoms with Crippen molar-refractivity contribution in [3.05, 3.63) is 100.0 Å². The van der Waals surface area contributed by atoms with E-state index in [1.807, 2.05) is 48.5 Å². The highest BCUT2D eigenvalue weighted by molar-refractivity contribution is 8.18.